The van der Waals surface area contributed by atoms with E-state index in [1.807, 2.05) is 0 Å². The number of aromatic nitrogens is 2. The third-order valence-electron chi connectivity index (χ3n) is 2.53. The van der Waals surface area contributed by atoms with E-state index in [2.05, 4.69) is 20.6 Å². The van der Waals surface area contributed by atoms with Gasteiger partial charge < -0.3 is 10.3 Å². The molecule has 0 spiro atoms. The lowest BCUT2D eigenvalue weighted by molar-refractivity contribution is -0.117. The number of amides is 3. The van der Waals surface area contributed by atoms with Crippen LogP contribution in [-0.2, 0) is 4.79 Å². The Balaban J connectivity index is 1.93. The number of nitrogens with one attached hydrogen (secondary N) is 3. The number of imide groups is 1. The van der Waals surface area contributed by atoms with Crippen LogP contribution in [0.3, 0.4) is 0 Å². The molecule has 0 radical (unpaired) electrons. The van der Waals surface area contributed by atoms with Gasteiger partial charge in [0.2, 0.25) is 5.91 Å². The molecule has 1 heterocycles. The molecule has 2 rings (SSSR count). The summed E-state index contributed by atoms with van der Waals surface area (Å²) in [6.45, 7) is 0. The average Bonchev–Trinajstić information content (AvgIpc) is 2.94. The molecular formula is C13H13FN4O2S. The number of carbonyl (C=O) groups excluding carboxylic acids is 2. The normalized spacial score (nSPS) is 10.2. The summed E-state index contributed by atoms with van der Waals surface area (Å²) < 4.78 is 12.8. The van der Waals surface area contributed by atoms with Crippen molar-refractivity contribution in [1.82, 2.24) is 20.6 Å². The Morgan fingerprint density at radius 2 is 2.05 bits per heavy atom. The molecule has 110 valence electrons. The number of aromatic amines is 1. The van der Waals surface area contributed by atoms with Gasteiger partial charge in [0, 0.05) is 7.05 Å². The zero-order valence-corrected chi connectivity index (χ0v) is 12.0. The van der Waals surface area contributed by atoms with Crippen LogP contribution < -0.4 is 10.6 Å². The van der Waals surface area contributed by atoms with E-state index in [-0.39, 0.29) is 11.6 Å². The standard InChI is InChI=1S/C13H13FN4O2S/c1-15-12(20)18-11(19)7-21-13-16-6-10(17-13)8-2-4-9(14)5-3-8/h2-6H,7H2,1H3,(H,16,17)(H2,15,18,19,20). The van der Waals surface area contributed by atoms with Gasteiger partial charge in [0.15, 0.2) is 5.16 Å². The first-order chi connectivity index (χ1) is 10.1. The second-order valence-electron chi connectivity index (χ2n) is 4.02. The highest BCUT2D eigenvalue weighted by Crippen LogP contribution is 2.21. The van der Waals surface area contributed by atoms with Gasteiger partial charge in [-0.2, -0.15) is 0 Å². The maximum atomic E-state index is 12.8. The Morgan fingerprint density at radius 3 is 2.71 bits per heavy atom. The van der Waals surface area contributed by atoms with Gasteiger partial charge in [-0.1, -0.05) is 11.8 Å². The molecule has 8 heteroatoms. The van der Waals surface area contributed by atoms with Gasteiger partial charge in [-0.15, -0.1) is 0 Å². The van der Waals surface area contributed by atoms with Gasteiger partial charge in [-0.3, -0.25) is 10.1 Å². The number of benzene rings is 1. The Bertz CT molecular complexity index is 642. The molecule has 0 saturated carbocycles. The highest BCUT2D eigenvalue weighted by atomic mass is 32.2. The van der Waals surface area contributed by atoms with Crippen molar-refractivity contribution in [3.8, 4) is 11.3 Å². The number of carbonyl (C=O) groups is 2. The van der Waals surface area contributed by atoms with Crippen molar-refractivity contribution >= 4 is 23.7 Å². The fraction of sp³-hybridized carbons (Fsp3) is 0.154. The van der Waals surface area contributed by atoms with E-state index in [4.69, 9.17) is 0 Å². The summed E-state index contributed by atoms with van der Waals surface area (Å²) in [6.07, 6.45) is 1.60. The number of nitrogens with zero attached hydrogens (tertiary/aromatic N) is 1. The number of rotatable bonds is 4. The number of hydrogen-bond acceptors (Lipinski definition) is 4. The van der Waals surface area contributed by atoms with Crippen molar-refractivity contribution in [3.05, 3.63) is 36.3 Å². The van der Waals surface area contributed by atoms with Crippen molar-refractivity contribution in [2.75, 3.05) is 12.8 Å². The van der Waals surface area contributed by atoms with E-state index in [0.29, 0.717) is 5.16 Å². The van der Waals surface area contributed by atoms with E-state index in [1.54, 1.807) is 18.3 Å². The molecule has 0 fully saturated rings. The Morgan fingerprint density at radius 1 is 1.33 bits per heavy atom. The van der Waals surface area contributed by atoms with E-state index >= 15 is 0 Å². The summed E-state index contributed by atoms with van der Waals surface area (Å²) in [6, 6.07) is 5.44. The van der Waals surface area contributed by atoms with Gasteiger partial charge in [-0.25, -0.2) is 14.2 Å². The minimum absolute atomic E-state index is 0.0593. The monoisotopic (exact) mass is 308 g/mol. The molecule has 2 aromatic rings. The van der Waals surface area contributed by atoms with Gasteiger partial charge in [0.1, 0.15) is 5.82 Å². The van der Waals surface area contributed by atoms with Crippen molar-refractivity contribution in [2.45, 2.75) is 5.16 Å². The lowest BCUT2D eigenvalue weighted by Crippen LogP contribution is -2.38. The minimum Gasteiger partial charge on any atom is -0.341 e. The van der Waals surface area contributed by atoms with Gasteiger partial charge in [0.05, 0.1) is 17.6 Å². The largest absolute Gasteiger partial charge is 0.341 e. The molecule has 0 bridgehead atoms. The number of hydrogen-bond donors (Lipinski definition) is 3. The summed E-state index contributed by atoms with van der Waals surface area (Å²) in [5, 5.41) is 4.98. The molecule has 0 aliphatic carbocycles. The van der Waals surface area contributed by atoms with Crippen molar-refractivity contribution < 1.29 is 14.0 Å². The van der Waals surface area contributed by atoms with Crippen LogP contribution in [0.1, 0.15) is 0 Å². The van der Waals surface area contributed by atoms with Crippen LogP contribution in [0.4, 0.5) is 9.18 Å². The highest BCUT2D eigenvalue weighted by Gasteiger charge is 2.09. The fourth-order valence-electron chi connectivity index (χ4n) is 1.51. The van der Waals surface area contributed by atoms with Crippen molar-refractivity contribution in [1.29, 1.82) is 0 Å². The molecule has 6 nitrogen and oxygen atoms in total. The van der Waals surface area contributed by atoms with Gasteiger partial charge >= 0.3 is 6.03 Å². The first kappa shape index (κ1) is 15.0. The molecular weight excluding hydrogens is 295 g/mol. The van der Waals surface area contributed by atoms with Crippen LogP contribution in [0.5, 0.6) is 0 Å². The molecule has 0 aliphatic heterocycles. The van der Waals surface area contributed by atoms with Crippen molar-refractivity contribution in [2.24, 2.45) is 0 Å². The molecule has 1 aromatic heterocycles. The average molecular weight is 308 g/mol. The Kier molecular flexibility index (Phi) is 4.94. The summed E-state index contributed by atoms with van der Waals surface area (Å²) in [5.74, 6) is -0.665. The predicted molar refractivity (Wildman–Crippen MR) is 77.3 cm³/mol. The quantitative estimate of drug-likeness (QED) is 0.751. The van der Waals surface area contributed by atoms with Crippen LogP contribution in [0, 0.1) is 5.82 Å². The molecule has 0 aliphatic rings. The summed E-state index contributed by atoms with van der Waals surface area (Å²) >= 11 is 1.17. The number of imidazole rings is 1. The molecule has 1 aromatic carbocycles. The number of halogens is 1. The zero-order chi connectivity index (χ0) is 15.2. The first-order valence-electron chi connectivity index (χ1n) is 6.04. The summed E-state index contributed by atoms with van der Waals surface area (Å²) in [5.41, 5.74) is 1.52. The molecule has 0 atom stereocenters. The lowest BCUT2D eigenvalue weighted by Gasteiger charge is -2.01. The van der Waals surface area contributed by atoms with E-state index in [0.717, 1.165) is 11.3 Å². The SMILES string of the molecule is CNC(=O)NC(=O)CSc1ncc(-c2ccc(F)cc2)[nH]1. The maximum Gasteiger partial charge on any atom is 0.321 e. The fourth-order valence-corrected chi connectivity index (χ4v) is 2.16. The third-order valence-corrected chi connectivity index (χ3v) is 3.42. The van der Waals surface area contributed by atoms with E-state index in [1.165, 1.54) is 30.9 Å². The van der Waals surface area contributed by atoms with Gasteiger partial charge in [0.25, 0.3) is 0 Å². The van der Waals surface area contributed by atoms with Gasteiger partial charge in [-0.05, 0) is 29.8 Å². The van der Waals surface area contributed by atoms with Crippen LogP contribution in [0.15, 0.2) is 35.6 Å². The third kappa shape index (κ3) is 4.32. The van der Waals surface area contributed by atoms with Crippen molar-refractivity contribution in [3.63, 3.8) is 0 Å². The lowest BCUT2D eigenvalue weighted by atomic mass is 10.2. The Hall–Kier alpha value is -2.35. The zero-order valence-electron chi connectivity index (χ0n) is 11.1. The Labute approximate surface area is 124 Å². The van der Waals surface area contributed by atoms with E-state index in [9.17, 15) is 14.0 Å². The molecule has 21 heavy (non-hydrogen) atoms. The topological polar surface area (TPSA) is 86.9 Å². The first-order valence-corrected chi connectivity index (χ1v) is 7.02. The smallest absolute Gasteiger partial charge is 0.321 e. The predicted octanol–water partition coefficient (Wildman–Crippen LogP) is 1.76. The van der Waals surface area contributed by atoms with Crippen LogP contribution >= 0.6 is 11.8 Å². The van der Waals surface area contributed by atoms with E-state index < -0.39 is 11.9 Å². The molecule has 3 N–H and O–H groups in total. The molecule has 3 amide bonds. The highest BCUT2D eigenvalue weighted by molar-refractivity contribution is 7.99. The van der Waals surface area contributed by atoms with Crippen LogP contribution in [0.2, 0.25) is 0 Å². The summed E-state index contributed by atoms with van der Waals surface area (Å²) in [4.78, 5) is 29.5. The number of urea groups is 1. The number of thioether (sulfide) groups is 1. The minimum atomic E-state index is -0.549. The molecule has 0 unspecified atom stereocenters. The summed E-state index contributed by atoms with van der Waals surface area (Å²) in [7, 11) is 1.43. The second-order valence-corrected chi connectivity index (χ2v) is 4.99. The maximum absolute atomic E-state index is 12.8. The van der Waals surface area contributed by atoms with Crippen LogP contribution in [-0.4, -0.2) is 34.7 Å². The molecule has 0 saturated heterocycles. The second kappa shape index (κ2) is 6.89. The van der Waals surface area contributed by atoms with Crippen LogP contribution in [0.25, 0.3) is 11.3 Å². The number of H-pyrrole nitrogens is 1.